The quantitative estimate of drug-likeness (QED) is 0.401. The summed E-state index contributed by atoms with van der Waals surface area (Å²) in [6.07, 6.45) is 4.82. The largest absolute Gasteiger partial charge is 0.458 e. The van der Waals surface area contributed by atoms with Crippen LogP contribution in [0.4, 0.5) is 4.79 Å². The molecule has 0 aromatic carbocycles. The molecule has 34 heavy (non-hydrogen) atoms. The van der Waals surface area contributed by atoms with Crippen LogP contribution in [0.1, 0.15) is 88.5 Å². The Hall–Kier alpha value is -2.09. The van der Waals surface area contributed by atoms with Gasteiger partial charge in [0.15, 0.2) is 0 Å². The average molecular weight is 483 g/mol. The SMILES string of the molecule is C/C=C\[C@@H]1C[C@H](C(=O)OC(C)(C)C)N(C(=O)OC(C)(C)C)[C@H]1[C@@H](NC(C)=O)C(CC)(CC)OC. The molecule has 0 saturated carbocycles. The highest BCUT2D eigenvalue weighted by molar-refractivity contribution is 5.83. The molecule has 0 radical (unpaired) electrons. The molecule has 1 N–H and O–H groups in total. The van der Waals surface area contributed by atoms with E-state index in [1.807, 2.05) is 32.9 Å². The van der Waals surface area contributed by atoms with E-state index in [9.17, 15) is 14.4 Å². The lowest BCUT2D eigenvalue weighted by Crippen LogP contribution is -2.65. The zero-order valence-electron chi connectivity index (χ0n) is 23.0. The molecule has 1 aliphatic rings. The number of methoxy groups -OCH3 is 1. The summed E-state index contributed by atoms with van der Waals surface area (Å²) in [4.78, 5) is 40.8. The first-order chi connectivity index (χ1) is 15.6. The zero-order valence-corrected chi connectivity index (χ0v) is 23.0. The molecule has 0 aliphatic carbocycles. The molecule has 0 spiro atoms. The summed E-state index contributed by atoms with van der Waals surface area (Å²) in [5, 5.41) is 3.06. The van der Waals surface area contributed by atoms with Gasteiger partial charge < -0.3 is 19.5 Å². The van der Waals surface area contributed by atoms with Gasteiger partial charge in [0.05, 0.1) is 17.7 Å². The van der Waals surface area contributed by atoms with Gasteiger partial charge in [-0.25, -0.2) is 9.59 Å². The van der Waals surface area contributed by atoms with Crippen molar-refractivity contribution in [2.45, 2.75) is 123 Å². The van der Waals surface area contributed by atoms with Gasteiger partial charge in [-0.15, -0.1) is 0 Å². The summed E-state index contributed by atoms with van der Waals surface area (Å²) in [7, 11) is 1.62. The predicted octanol–water partition coefficient (Wildman–Crippen LogP) is 4.61. The predicted molar refractivity (Wildman–Crippen MR) is 132 cm³/mol. The van der Waals surface area contributed by atoms with Crippen LogP contribution in [0.3, 0.4) is 0 Å². The van der Waals surface area contributed by atoms with Crippen LogP contribution >= 0.6 is 0 Å². The maximum Gasteiger partial charge on any atom is 0.411 e. The van der Waals surface area contributed by atoms with Crippen molar-refractivity contribution in [3.8, 4) is 0 Å². The fourth-order valence-corrected chi connectivity index (χ4v) is 4.77. The topological polar surface area (TPSA) is 94.2 Å². The van der Waals surface area contributed by atoms with Crippen molar-refractivity contribution in [3.63, 3.8) is 0 Å². The van der Waals surface area contributed by atoms with Gasteiger partial charge in [-0.3, -0.25) is 9.69 Å². The number of nitrogens with zero attached hydrogens (tertiary/aromatic N) is 1. The second-order valence-electron chi connectivity index (χ2n) is 11.0. The van der Waals surface area contributed by atoms with Crippen LogP contribution < -0.4 is 5.32 Å². The van der Waals surface area contributed by atoms with Crippen molar-refractivity contribution in [3.05, 3.63) is 12.2 Å². The van der Waals surface area contributed by atoms with Crippen molar-refractivity contribution in [2.24, 2.45) is 5.92 Å². The maximum absolute atomic E-state index is 13.6. The van der Waals surface area contributed by atoms with E-state index in [0.717, 1.165) is 0 Å². The summed E-state index contributed by atoms with van der Waals surface area (Å²) in [5.41, 5.74) is -2.24. The first kappa shape index (κ1) is 29.9. The number of rotatable bonds is 8. The van der Waals surface area contributed by atoms with Gasteiger partial charge in [-0.1, -0.05) is 26.0 Å². The van der Waals surface area contributed by atoms with E-state index in [0.29, 0.717) is 19.3 Å². The molecule has 8 heteroatoms. The smallest absolute Gasteiger partial charge is 0.411 e. The standard InChI is InChI=1S/C26H46N2O6/c1-12-15-18-16-19(22(30)33-24(5,6)7)28(23(31)34-25(8,9)10)20(18)21(27-17(4)29)26(13-2,14-3)32-11/h12,15,18-21H,13-14,16H2,1-11H3,(H,27,29)/b15-12-/t18-,19-,20-,21-/m1/s1. The number of hydrogen-bond donors (Lipinski definition) is 1. The molecule has 1 heterocycles. The summed E-state index contributed by atoms with van der Waals surface area (Å²) >= 11 is 0. The lowest BCUT2D eigenvalue weighted by molar-refractivity contribution is -0.161. The van der Waals surface area contributed by atoms with Gasteiger partial charge in [-0.2, -0.15) is 0 Å². The van der Waals surface area contributed by atoms with Crippen LogP contribution in [0.2, 0.25) is 0 Å². The Balaban J connectivity index is 3.75. The van der Waals surface area contributed by atoms with Gasteiger partial charge in [0, 0.05) is 20.0 Å². The minimum atomic E-state index is -0.861. The number of allylic oxidation sites excluding steroid dienone is 1. The van der Waals surface area contributed by atoms with Crippen molar-refractivity contribution < 1.29 is 28.6 Å². The van der Waals surface area contributed by atoms with Crippen LogP contribution in [0.25, 0.3) is 0 Å². The van der Waals surface area contributed by atoms with Crippen LogP contribution in [0.5, 0.6) is 0 Å². The lowest BCUT2D eigenvalue weighted by Gasteiger charge is -2.46. The van der Waals surface area contributed by atoms with E-state index in [1.165, 1.54) is 11.8 Å². The van der Waals surface area contributed by atoms with Crippen LogP contribution in [0.15, 0.2) is 12.2 Å². The average Bonchev–Trinajstić information content (AvgIpc) is 3.05. The second-order valence-corrected chi connectivity index (χ2v) is 11.0. The third-order valence-electron chi connectivity index (χ3n) is 6.18. The van der Waals surface area contributed by atoms with E-state index >= 15 is 0 Å². The molecule has 196 valence electrons. The lowest BCUT2D eigenvalue weighted by atomic mass is 9.79. The molecular weight excluding hydrogens is 436 g/mol. The zero-order chi connectivity index (χ0) is 26.5. The Bertz CT molecular complexity index is 737. The van der Waals surface area contributed by atoms with Gasteiger partial charge in [-0.05, 0) is 67.7 Å². The highest BCUT2D eigenvalue weighted by Crippen LogP contribution is 2.40. The Morgan fingerprint density at radius 1 is 1.03 bits per heavy atom. The number of nitrogens with one attached hydrogen (secondary N) is 1. The van der Waals surface area contributed by atoms with Gasteiger partial charge in [0.1, 0.15) is 17.2 Å². The van der Waals surface area contributed by atoms with Crippen molar-refractivity contribution in [1.82, 2.24) is 10.2 Å². The van der Waals surface area contributed by atoms with Crippen molar-refractivity contribution in [1.29, 1.82) is 0 Å². The molecule has 0 aromatic heterocycles. The monoisotopic (exact) mass is 482 g/mol. The molecule has 0 unspecified atom stereocenters. The third-order valence-corrected chi connectivity index (χ3v) is 6.18. The third kappa shape index (κ3) is 7.45. The van der Waals surface area contributed by atoms with Gasteiger partial charge in [0.2, 0.25) is 5.91 Å². The summed E-state index contributed by atoms with van der Waals surface area (Å²) in [6, 6.07) is -2.02. The molecule has 1 fully saturated rings. The first-order valence-electron chi connectivity index (χ1n) is 12.2. The molecule has 0 bridgehead atoms. The molecule has 1 saturated heterocycles. The number of amides is 2. The van der Waals surface area contributed by atoms with Crippen molar-refractivity contribution >= 4 is 18.0 Å². The van der Waals surface area contributed by atoms with E-state index in [-0.39, 0.29) is 11.8 Å². The Morgan fingerprint density at radius 2 is 1.56 bits per heavy atom. The fourth-order valence-electron chi connectivity index (χ4n) is 4.77. The molecule has 1 aliphatic heterocycles. The minimum Gasteiger partial charge on any atom is -0.458 e. The Kier molecular flexibility index (Phi) is 10.2. The van der Waals surface area contributed by atoms with Gasteiger partial charge >= 0.3 is 12.1 Å². The van der Waals surface area contributed by atoms with Crippen LogP contribution in [-0.2, 0) is 23.8 Å². The van der Waals surface area contributed by atoms with E-state index in [4.69, 9.17) is 14.2 Å². The van der Waals surface area contributed by atoms with Crippen LogP contribution in [-0.4, -0.2) is 64.9 Å². The maximum atomic E-state index is 13.6. The minimum absolute atomic E-state index is 0.223. The summed E-state index contributed by atoms with van der Waals surface area (Å²) in [6.45, 7) is 18.1. The Morgan fingerprint density at radius 3 is 1.94 bits per heavy atom. The van der Waals surface area contributed by atoms with Crippen LogP contribution in [0, 0.1) is 5.92 Å². The second kappa shape index (κ2) is 11.6. The molecule has 1 rings (SSSR count). The summed E-state index contributed by atoms with van der Waals surface area (Å²) < 4.78 is 17.5. The summed E-state index contributed by atoms with van der Waals surface area (Å²) in [5.74, 6) is -0.954. The highest BCUT2D eigenvalue weighted by Gasteiger charge is 2.56. The van der Waals surface area contributed by atoms with E-state index in [2.05, 4.69) is 5.32 Å². The Labute approximate surface area is 205 Å². The van der Waals surface area contributed by atoms with E-state index in [1.54, 1.807) is 48.7 Å². The molecular formula is C26H46N2O6. The number of esters is 1. The fraction of sp³-hybridized carbons (Fsp3) is 0.808. The number of likely N-dealkylation sites (tertiary alicyclic amines) is 1. The normalized spacial score (nSPS) is 22.6. The highest BCUT2D eigenvalue weighted by atomic mass is 16.6. The first-order valence-corrected chi connectivity index (χ1v) is 12.2. The van der Waals surface area contributed by atoms with E-state index < -0.39 is 47.0 Å². The molecule has 0 aromatic rings. The molecule has 4 atom stereocenters. The van der Waals surface area contributed by atoms with Crippen molar-refractivity contribution in [2.75, 3.05) is 7.11 Å². The van der Waals surface area contributed by atoms with Gasteiger partial charge in [0.25, 0.3) is 0 Å². The number of ether oxygens (including phenoxy) is 3. The molecule has 2 amide bonds. The number of carbonyl (C=O) groups excluding carboxylic acids is 3. The molecule has 8 nitrogen and oxygen atoms in total. The number of carbonyl (C=O) groups is 3. The number of hydrogen-bond acceptors (Lipinski definition) is 6.